The van der Waals surface area contributed by atoms with Gasteiger partial charge in [0.1, 0.15) is 5.82 Å². The average molecular weight is 428 g/mol. The van der Waals surface area contributed by atoms with Crippen LogP contribution in [0.5, 0.6) is 0 Å². The molecule has 1 aliphatic heterocycles. The molecule has 0 radical (unpaired) electrons. The Hall–Kier alpha value is -3.87. The number of carbonyl (C=O) groups excluding carboxylic acids is 1. The zero-order valence-electron chi connectivity index (χ0n) is 17.8. The minimum Gasteiger partial charge on any atom is -0.459 e. The van der Waals surface area contributed by atoms with Gasteiger partial charge in [0.05, 0.1) is 11.8 Å². The van der Waals surface area contributed by atoms with E-state index >= 15 is 0 Å². The predicted octanol–water partition coefficient (Wildman–Crippen LogP) is 3.84. The molecule has 2 aromatic heterocycles. The van der Waals surface area contributed by atoms with Gasteiger partial charge in [-0.2, -0.15) is 4.98 Å². The fraction of sp³-hybridized carbons (Fsp3) is 0.240. The molecule has 2 aromatic carbocycles. The Morgan fingerprint density at radius 1 is 0.906 bits per heavy atom. The number of aromatic nitrogens is 2. The fourth-order valence-corrected chi connectivity index (χ4v) is 3.98. The summed E-state index contributed by atoms with van der Waals surface area (Å²) in [5.74, 6) is 1.84. The highest BCUT2D eigenvalue weighted by Crippen LogP contribution is 2.24. The number of carbonyl (C=O) groups is 1. The Balaban J connectivity index is 1.30. The number of piperazine rings is 1. The molecule has 5 rings (SSSR count). The molecule has 7 heteroatoms. The van der Waals surface area contributed by atoms with Crippen molar-refractivity contribution in [3.05, 3.63) is 84.3 Å². The molecule has 3 heterocycles. The number of hydrogen-bond donors (Lipinski definition) is 1. The van der Waals surface area contributed by atoms with E-state index in [2.05, 4.69) is 34.5 Å². The fourth-order valence-electron chi connectivity index (χ4n) is 3.98. The second-order valence-corrected chi connectivity index (χ2v) is 7.81. The SMILES string of the molecule is O=C(c1ccco1)N1CCN(c2nc(NCCc3ccccc3)c3ccccc3n2)CC1. The quantitative estimate of drug-likeness (QED) is 0.504. The van der Waals surface area contributed by atoms with Crippen molar-refractivity contribution in [2.75, 3.05) is 42.9 Å². The number of fused-ring (bicyclic) bond motifs is 1. The lowest BCUT2D eigenvalue weighted by molar-refractivity contribution is 0.0714. The van der Waals surface area contributed by atoms with E-state index in [9.17, 15) is 4.79 Å². The third-order valence-electron chi connectivity index (χ3n) is 5.72. The monoisotopic (exact) mass is 427 g/mol. The van der Waals surface area contributed by atoms with E-state index < -0.39 is 0 Å². The molecule has 0 bridgehead atoms. The number of furan rings is 1. The molecule has 1 amide bonds. The van der Waals surface area contributed by atoms with Crippen molar-refractivity contribution in [1.82, 2.24) is 14.9 Å². The molecular weight excluding hydrogens is 402 g/mol. The van der Waals surface area contributed by atoms with Gasteiger partial charge in [-0.3, -0.25) is 4.79 Å². The minimum atomic E-state index is -0.0719. The van der Waals surface area contributed by atoms with E-state index in [1.165, 1.54) is 11.8 Å². The largest absolute Gasteiger partial charge is 0.459 e. The van der Waals surface area contributed by atoms with Crippen LogP contribution in [-0.2, 0) is 6.42 Å². The van der Waals surface area contributed by atoms with Crippen LogP contribution in [0.15, 0.2) is 77.4 Å². The summed E-state index contributed by atoms with van der Waals surface area (Å²) in [5.41, 5.74) is 2.20. The van der Waals surface area contributed by atoms with E-state index in [1.807, 2.05) is 35.2 Å². The van der Waals surface area contributed by atoms with E-state index in [0.717, 1.165) is 29.7 Å². The number of rotatable bonds is 6. The van der Waals surface area contributed by atoms with Gasteiger partial charge in [0.15, 0.2) is 5.76 Å². The molecule has 1 fully saturated rings. The van der Waals surface area contributed by atoms with Crippen molar-refractivity contribution in [3.63, 3.8) is 0 Å². The lowest BCUT2D eigenvalue weighted by Crippen LogP contribution is -2.49. The van der Waals surface area contributed by atoms with Crippen LogP contribution in [-0.4, -0.2) is 53.5 Å². The third-order valence-corrected chi connectivity index (χ3v) is 5.72. The smallest absolute Gasteiger partial charge is 0.289 e. The molecule has 0 unspecified atom stereocenters. The molecule has 0 saturated carbocycles. The van der Waals surface area contributed by atoms with Gasteiger partial charge in [-0.25, -0.2) is 4.98 Å². The molecule has 32 heavy (non-hydrogen) atoms. The van der Waals surface area contributed by atoms with E-state index in [1.54, 1.807) is 12.1 Å². The first-order chi connectivity index (χ1) is 15.8. The summed E-state index contributed by atoms with van der Waals surface area (Å²) >= 11 is 0. The van der Waals surface area contributed by atoms with Crippen molar-refractivity contribution < 1.29 is 9.21 Å². The van der Waals surface area contributed by atoms with Crippen LogP contribution in [0.4, 0.5) is 11.8 Å². The Morgan fingerprint density at radius 3 is 2.47 bits per heavy atom. The summed E-state index contributed by atoms with van der Waals surface area (Å²) in [6.07, 6.45) is 2.45. The maximum atomic E-state index is 12.5. The number of para-hydroxylation sites is 1. The van der Waals surface area contributed by atoms with Crippen LogP contribution in [0.2, 0.25) is 0 Å². The van der Waals surface area contributed by atoms with Crippen molar-refractivity contribution >= 4 is 28.6 Å². The molecule has 162 valence electrons. The van der Waals surface area contributed by atoms with Crippen molar-refractivity contribution in [2.45, 2.75) is 6.42 Å². The summed E-state index contributed by atoms with van der Waals surface area (Å²) in [7, 11) is 0. The minimum absolute atomic E-state index is 0.0719. The highest BCUT2D eigenvalue weighted by atomic mass is 16.3. The summed E-state index contributed by atoms with van der Waals surface area (Å²) < 4.78 is 5.26. The van der Waals surface area contributed by atoms with Crippen LogP contribution < -0.4 is 10.2 Å². The zero-order chi connectivity index (χ0) is 21.8. The topological polar surface area (TPSA) is 74.5 Å². The van der Waals surface area contributed by atoms with Gasteiger partial charge in [0.25, 0.3) is 5.91 Å². The van der Waals surface area contributed by atoms with Crippen LogP contribution >= 0.6 is 0 Å². The lowest BCUT2D eigenvalue weighted by atomic mass is 10.1. The van der Waals surface area contributed by atoms with Crippen LogP contribution in [0, 0.1) is 0 Å². The van der Waals surface area contributed by atoms with Crippen molar-refractivity contribution in [1.29, 1.82) is 0 Å². The maximum absolute atomic E-state index is 12.5. The van der Waals surface area contributed by atoms with Crippen LogP contribution in [0.3, 0.4) is 0 Å². The van der Waals surface area contributed by atoms with Gasteiger partial charge >= 0.3 is 0 Å². The maximum Gasteiger partial charge on any atom is 0.289 e. The standard InChI is InChI=1S/C25H25N5O2/c31-24(22-11-6-18-32-22)29-14-16-30(17-15-29)25-27-21-10-5-4-9-20(21)23(28-25)26-13-12-19-7-2-1-3-8-19/h1-11,18H,12-17H2,(H,26,27,28). The molecule has 1 N–H and O–H groups in total. The zero-order valence-corrected chi connectivity index (χ0v) is 17.8. The Bertz CT molecular complexity index is 1190. The van der Waals surface area contributed by atoms with E-state index in [0.29, 0.717) is 37.9 Å². The van der Waals surface area contributed by atoms with Crippen molar-refractivity contribution in [3.8, 4) is 0 Å². The van der Waals surface area contributed by atoms with Gasteiger partial charge in [0.2, 0.25) is 5.95 Å². The molecular formula is C25H25N5O2. The summed E-state index contributed by atoms with van der Waals surface area (Å²) in [6, 6.07) is 21.9. The summed E-state index contributed by atoms with van der Waals surface area (Å²) in [6.45, 7) is 3.34. The second-order valence-electron chi connectivity index (χ2n) is 7.81. The number of nitrogens with zero attached hydrogens (tertiary/aromatic N) is 4. The predicted molar refractivity (Wildman–Crippen MR) is 125 cm³/mol. The second kappa shape index (κ2) is 9.09. The molecule has 0 spiro atoms. The average Bonchev–Trinajstić information content (AvgIpc) is 3.39. The van der Waals surface area contributed by atoms with Gasteiger partial charge in [-0.15, -0.1) is 0 Å². The Labute approximate surface area is 186 Å². The number of anilines is 2. The number of amides is 1. The lowest BCUT2D eigenvalue weighted by Gasteiger charge is -2.34. The molecule has 0 atom stereocenters. The van der Waals surface area contributed by atoms with Crippen LogP contribution in [0.25, 0.3) is 10.9 Å². The summed E-state index contributed by atoms with van der Waals surface area (Å²) in [5, 5.41) is 4.52. The molecule has 0 aliphatic carbocycles. The van der Waals surface area contributed by atoms with Gasteiger partial charge in [0, 0.05) is 38.1 Å². The van der Waals surface area contributed by atoms with E-state index in [4.69, 9.17) is 14.4 Å². The summed E-state index contributed by atoms with van der Waals surface area (Å²) in [4.78, 5) is 26.2. The number of nitrogens with one attached hydrogen (secondary N) is 1. The number of benzene rings is 2. The van der Waals surface area contributed by atoms with E-state index in [-0.39, 0.29) is 5.91 Å². The Kier molecular flexibility index (Phi) is 5.70. The molecule has 1 saturated heterocycles. The molecule has 7 nitrogen and oxygen atoms in total. The van der Waals surface area contributed by atoms with Gasteiger partial charge in [-0.05, 0) is 36.2 Å². The first-order valence-corrected chi connectivity index (χ1v) is 10.9. The first kappa shape index (κ1) is 20.1. The highest BCUT2D eigenvalue weighted by molar-refractivity contribution is 5.92. The molecule has 4 aromatic rings. The van der Waals surface area contributed by atoms with Crippen molar-refractivity contribution in [2.24, 2.45) is 0 Å². The third kappa shape index (κ3) is 4.27. The number of hydrogen-bond acceptors (Lipinski definition) is 6. The van der Waals surface area contributed by atoms with Crippen LogP contribution in [0.1, 0.15) is 16.1 Å². The van der Waals surface area contributed by atoms with Gasteiger partial charge in [-0.1, -0.05) is 42.5 Å². The molecule has 1 aliphatic rings. The first-order valence-electron chi connectivity index (χ1n) is 10.9. The normalized spacial score (nSPS) is 14.0. The highest BCUT2D eigenvalue weighted by Gasteiger charge is 2.25. The van der Waals surface area contributed by atoms with Gasteiger partial charge < -0.3 is 19.5 Å². The Morgan fingerprint density at radius 2 is 1.69 bits per heavy atom.